The Morgan fingerprint density at radius 3 is 2.79 bits per heavy atom. The van der Waals surface area contributed by atoms with Crippen molar-refractivity contribution in [2.24, 2.45) is 0 Å². The monoisotopic (exact) mass is 327 g/mol. The summed E-state index contributed by atoms with van der Waals surface area (Å²) < 4.78 is 5.40. The summed E-state index contributed by atoms with van der Waals surface area (Å²) in [6.07, 6.45) is 6.83. The highest BCUT2D eigenvalue weighted by Gasteiger charge is 2.29. The summed E-state index contributed by atoms with van der Waals surface area (Å²) in [7, 11) is 0. The third-order valence-electron chi connectivity index (χ3n) is 3.94. The smallest absolute Gasteiger partial charge is 0.242 e. The van der Waals surface area contributed by atoms with Gasteiger partial charge in [-0.15, -0.1) is 0 Å². The van der Waals surface area contributed by atoms with Crippen molar-refractivity contribution >= 4 is 5.91 Å². The fourth-order valence-electron chi connectivity index (χ4n) is 2.69. The number of aryl methyl sites for hydroxylation is 1. The highest BCUT2D eigenvalue weighted by atomic mass is 16.5. The van der Waals surface area contributed by atoms with Gasteiger partial charge in [0, 0.05) is 31.7 Å². The van der Waals surface area contributed by atoms with E-state index >= 15 is 0 Å². The molecule has 1 N–H and O–H groups in total. The molecule has 0 bridgehead atoms. The predicted octanol–water partition coefficient (Wildman–Crippen LogP) is 0.870. The molecular weight excluding hydrogens is 306 g/mol. The first kappa shape index (κ1) is 16.5. The molecule has 0 aliphatic carbocycles. The predicted molar refractivity (Wildman–Crippen MR) is 88.0 cm³/mol. The number of rotatable bonds is 5. The zero-order chi connectivity index (χ0) is 16.8. The molecule has 1 saturated heterocycles. The Hall–Kier alpha value is -2.38. The average Bonchev–Trinajstić information content (AvgIpc) is 2.63. The van der Waals surface area contributed by atoms with E-state index in [1.54, 1.807) is 24.8 Å². The van der Waals surface area contributed by atoms with Crippen molar-refractivity contribution in [1.29, 1.82) is 0 Å². The molecule has 7 heteroatoms. The molecule has 1 aliphatic rings. The molecular formula is C17H21N5O2. The quantitative estimate of drug-likeness (QED) is 0.878. The lowest BCUT2D eigenvalue weighted by Crippen LogP contribution is -2.45. The van der Waals surface area contributed by atoms with E-state index in [9.17, 15) is 4.79 Å². The van der Waals surface area contributed by atoms with Gasteiger partial charge in [-0.3, -0.25) is 24.6 Å². The maximum absolute atomic E-state index is 12.8. The second kappa shape index (κ2) is 7.94. The molecule has 7 nitrogen and oxygen atoms in total. The van der Waals surface area contributed by atoms with E-state index in [4.69, 9.17) is 4.74 Å². The fourth-order valence-corrected chi connectivity index (χ4v) is 2.69. The summed E-state index contributed by atoms with van der Waals surface area (Å²) in [5.74, 6) is -0.0627. The minimum absolute atomic E-state index is 0.0627. The van der Waals surface area contributed by atoms with E-state index < -0.39 is 0 Å². The molecule has 1 amide bonds. The Kier molecular flexibility index (Phi) is 5.45. The summed E-state index contributed by atoms with van der Waals surface area (Å²) in [5, 5.41) is 2.96. The van der Waals surface area contributed by atoms with Crippen LogP contribution in [0.4, 0.5) is 0 Å². The molecule has 0 aromatic carbocycles. The molecule has 1 atom stereocenters. The van der Waals surface area contributed by atoms with Crippen LogP contribution in [0.15, 0.2) is 36.9 Å². The Labute approximate surface area is 141 Å². The summed E-state index contributed by atoms with van der Waals surface area (Å²) in [5.41, 5.74) is 2.47. The Bertz CT molecular complexity index is 656. The second-order valence-electron chi connectivity index (χ2n) is 5.70. The minimum Gasteiger partial charge on any atom is -0.379 e. The third kappa shape index (κ3) is 4.12. The molecule has 126 valence electrons. The first-order chi connectivity index (χ1) is 11.7. The third-order valence-corrected chi connectivity index (χ3v) is 3.94. The van der Waals surface area contributed by atoms with Gasteiger partial charge in [0.2, 0.25) is 5.91 Å². The lowest BCUT2D eigenvalue weighted by Gasteiger charge is -2.33. The number of nitrogens with zero attached hydrogens (tertiary/aromatic N) is 4. The van der Waals surface area contributed by atoms with E-state index in [1.807, 2.05) is 19.1 Å². The molecule has 1 unspecified atom stereocenters. The van der Waals surface area contributed by atoms with Crippen molar-refractivity contribution < 1.29 is 9.53 Å². The highest BCUT2D eigenvalue weighted by molar-refractivity contribution is 5.83. The van der Waals surface area contributed by atoms with Crippen LogP contribution >= 0.6 is 0 Å². The second-order valence-corrected chi connectivity index (χ2v) is 5.70. The van der Waals surface area contributed by atoms with E-state index in [0.29, 0.717) is 19.8 Å². The van der Waals surface area contributed by atoms with Gasteiger partial charge in [-0.25, -0.2) is 0 Å². The SMILES string of the molecule is Cc1cnc(CNC(=O)C(c2cccnc2)N2CCOCC2)cn1. The normalized spacial score (nSPS) is 16.5. The molecule has 0 saturated carbocycles. The van der Waals surface area contributed by atoms with Gasteiger partial charge < -0.3 is 10.1 Å². The number of nitrogens with one attached hydrogen (secondary N) is 1. The number of ether oxygens (including phenoxy) is 1. The van der Waals surface area contributed by atoms with E-state index in [1.165, 1.54) is 0 Å². The summed E-state index contributed by atoms with van der Waals surface area (Å²) in [6.45, 7) is 4.94. The van der Waals surface area contributed by atoms with Crippen molar-refractivity contribution in [3.05, 3.63) is 53.9 Å². The molecule has 24 heavy (non-hydrogen) atoms. The van der Waals surface area contributed by atoms with Crippen molar-refractivity contribution in [1.82, 2.24) is 25.2 Å². The molecule has 2 aromatic heterocycles. The Morgan fingerprint density at radius 2 is 2.12 bits per heavy atom. The van der Waals surface area contributed by atoms with Crippen molar-refractivity contribution in [2.75, 3.05) is 26.3 Å². The molecule has 3 heterocycles. The van der Waals surface area contributed by atoms with Gasteiger partial charge >= 0.3 is 0 Å². The number of carbonyl (C=O) groups is 1. The van der Waals surface area contributed by atoms with Crippen LogP contribution < -0.4 is 5.32 Å². The van der Waals surface area contributed by atoms with Gasteiger partial charge in [0.25, 0.3) is 0 Å². The first-order valence-corrected chi connectivity index (χ1v) is 8.01. The van der Waals surface area contributed by atoms with Gasteiger partial charge in [0.15, 0.2) is 0 Å². The maximum atomic E-state index is 12.8. The topological polar surface area (TPSA) is 80.2 Å². The Morgan fingerprint density at radius 1 is 1.29 bits per heavy atom. The van der Waals surface area contributed by atoms with Crippen LogP contribution in [0.2, 0.25) is 0 Å². The first-order valence-electron chi connectivity index (χ1n) is 8.01. The molecule has 0 spiro atoms. The van der Waals surface area contributed by atoms with Crippen molar-refractivity contribution in [3.63, 3.8) is 0 Å². The number of morpholine rings is 1. The summed E-state index contributed by atoms with van der Waals surface area (Å²) in [4.78, 5) is 27.6. The average molecular weight is 327 g/mol. The summed E-state index contributed by atoms with van der Waals surface area (Å²) >= 11 is 0. The number of pyridine rings is 1. The van der Waals surface area contributed by atoms with E-state index in [0.717, 1.165) is 30.0 Å². The lowest BCUT2D eigenvalue weighted by molar-refractivity contribution is -0.128. The number of carbonyl (C=O) groups excluding carboxylic acids is 1. The van der Waals surface area contributed by atoms with Gasteiger partial charge in [-0.2, -0.15) is 0 Å². The van der Waals surface area contributed by atoms with Gasteiger partial charge in [-0.1, -0.05) is 6.07 Å². The van der Waals surface area contributed by atoms with Gasteiger partial charge in [-0.05, 0) is 18.6 Å². The zero-order valence-corrected chi connectivity index (χ0v) is 13.7. The van der Waals surface area contributed by atoms with Crippen LogP contribution in [-0.4, -0.2) is 52.1 Å². The van der Waals surface area contributed by atoms with Gasteiger partial charge in [0.05, 0.1) is 37.3 Å². The van der Waals surface area contributed by atoms with Crippen LogP contribution in [-0.2, 0) is 16.1 Å². The molecule has 0 radical (unpaired) electrons. The lowest BCUT2D eigenvalue weighted by atomic mass is 10.1. The van der Waals surface area contributed by atoms with E-state index in [-0.39, 0.29) is 11.9 Å². The highest BCUT2D eigenvalue weighted by Crippen LogP contribution is 2.21. The molecule has 1 aliphatic heterocycles. The van der Waals surface area contributed by atoms with Crippen LogP contribution in [0, 0.1) is 6.92 Å². The number of hydrogen-bond donors (Lipinski definition) is 1. The Balaban J connectivity index is 1.72. The van der Waals surface area contributed by atoms with Crippen LogP contribution in [0.3, 0.4) is 0 Å². The number of amides is 1. The van der Waals surface area contributed by atoms with Crippen molar-refractivity contribution in [2.45, 2.75) is 19.5 Å². The zero-order valence-electron chi connectivity index (χ0n) is 13.7. The molecule has 2 aromatic rings. The van der Waals surface area contributed by atoms with Crippen LogP contribution in [0.1, 0.15) is 23.0 Å². The maximum Gasteiger partial charge on any atom is 0.242 e. The summed E-state index contributed by atoms with van der Waals surface area (Å²) in [6, 6.07) is 3.40. The number of hydrogen-bond acceptors (Lipinski definition) is 6. The van der Waals surface area contributed by atoms with E-state index in [2.05, 4.69) is 25.2 Å². The van der Waals surface area contributed by atoms with Gasteiger partial charge in [0.1, 0.15) is 6.04 Å². The molecule has 1 fully saturated rings. The van der Waals surface area contributed by atoms with Crippen molar-refractivity contribution in [3.8, 4) is 0 Å². The van der Waals surface area contributed by atoms with Crippen LogP contribution in [0.5, 0.6) is 0 Å². The largest absolute Gasteiger partial charge is 0.379 e. The minimum atomic E-state index is -0.374. The fraction of sp³-hybridized carbons (Fsp3) is 0.412. The number of aromatic nitrogens is 3. The van der Waals surface area contributed by atoms with Crippen LogP contribution in [0.25, 0.3) is 0 Å². The standard InChI is InChI=1S/C17H21N5O2/c1-13-9-20-15(11-19-13)12-21-17(23)16(14-3-2-4-18-10-14)22-5-7-24-8-6-22/h2-4,9-11,16H,5-8,12H2,1H3,(H,21,23). The molecule has 3 rings (SSSR count).